The number of rotatable bonds is 5. The van der Waals surface area contributed by atoms with E-state index in [1.54, 1.807) is 14.0 Å². The highest BCUT2D eigenvalue weighted by molar-refractivity contribution is 9.09. The maximum atomic E-state index is 12.3. The molecule has 0 aliphatic heterocycles. The minimum atomic E-state index is -0.346. The lowest BCUT2D eigenvalue weighted by molar-refractivity contribution is 0.0511. The first-order valence-electron chi connectivity index (χ1n) is 6.54. The van der Waals surface area contributed by atoms with Crippen molar-refractivity contribution in [1.82, 2.24) is 4.57 Å². The van der Waals surface area contributed by atoms with E-state index in [4.69, 9.17) is 9.47 Å². The average Bonchev–Trinajstić information content (AvgIpc) is 2.75. The van der Waals surface area contributed by atoms with E-state index < -0.39 is 0 Å². The Morgan fingerprint density at radius 3 is 2.75 bits per heavy atom. The highest BCUT2D eigenvalue weighted by Gasteiger charge is 2.25. The predicted molar refractivity (Wildman–Crippen MR) is 83.0 cm³/mol. The van der Waals surface area contributed by atoms with Crippen LogP contribution in [-0.4, -0.2) is 29.6 Å². The predicted octanol–water partition coefficient (Wildman–Crippen LogP) is 3.53. The molecule has 0 bridgehead atoms. The highest BCUT2D eigenvalue weighted by Crippen LogP contribution is 2.36. The van der Waals surface area contributed by atoms with Crippen LogP contribution in [0.5, 0.6) is 5.75 Å². The van der Waals surface area contributed by atoms with Crippen molar-refractivity contribution in [3.8, 4) is 5.75 Å². The van der Waals surface area contributed by atoms with Crippen LogP contribution in [0.15, 0.2) is 18.2 Å². The Morgan fingerprint density at radius 1 is 1.40 bits per heavy atom. The van der Waals surface area contributed by atoms with E-state index >= 15 is 0 Å². The summed E-state index contributed by atoms with van der Waals surface area (Å²) >= 11 is 3.43. The van der Waals surface area contributed by atoms with Crippen molar-refractivity contribution in [1.29, 1.82) is 0 Å². The molecule has 0 amide bonds. The van der Waals surface area contributed by atoms with Gasteiger partial charge in [-0.2, -0.15) is 0 Å². The number of carbonyl (C=O) groups excluding carboxylic acids is 1. The van der Waals surface area contributed by atoms with Crippen molar-refractivity contribution in [2.24, 2.45) is 0 Å². The Bertz CT molecular complexity index is 634. The third-order valence-corrected chi connectivity index (χ3v) is 3.59. The Labute approximate surface area is 126 Å². The van der Waals surface area contributed by atoms with E-state index in [1.807, 2.05) is 29.7 Å². The summed E-state index contributed by atoms with van der Waals surface area (Å²) in [5.41, 5.74) is 2.56. The van der Waals surface area contributed by atoms with Crippen LogP contribution in [0.1, 0.15) is 23.0 Å². The molecule has 0 saturated heterocycles. The monoisotopic (exact) mass is 339 g/mol. The van der Waals surface area contributed by atoms with Crippen LogP contribution in [0.4, 0.5) is 0 Å². The fourth-order valence-corrected chi connectivity index (χ4v) is 2.81. The quantitative estimate of drug-likeness (QED) is 0.618. The zero-order chi connectivity index (χ0) is 14.7. The van der Waals surface area contributed by atoms with Crippen molar-refractivity contribution in [3.05, 3.63) is 29.5 Å². The summed E-state index contributed by atoms with van der Waals surface area (Å²) in [6.45, 7) is 4.83. The van der Waals surface area contributed by atoms with Gasteiger partial charge in [-0.15, -0.1) is 0 Å². The molecule has 1 aromatic carbocycles. The van der Waals surface area contributed by atoms with Crippen LogP contribution in [0.25, 0.3) is 10.9 Å². The number of alkyl halides is 1. The first-order chi connectivity index (χ1) is 9.65. The Balaban J connectivity index is 2.78. The molecule has 0 radical (unpaired) electrons. The number of benzene rings is 1. The number of hydrogen-bond donors (Lipinski definition) is 0. The molecule has 0 N–H and O–H groups in total. The fraction of sp³-hybridized carbons (Fsp3) is 0.400. The van der Waals surface area contributed by atoms with Gasteiger partial charge in [0.2, 0.25) is 0 Å². The lowest BCUT2D eigenvalue weighted by Gasteiger charge is -2.09. The van der Waals surface area contributed by atoms with E-state index in [0.29, 0.717) is 24.6 Å². The highest BCUT2D eigenvalue weighted by atomic mass is 79.9. The third kappa shape index (κ3) is 2.42. The van der Waals surface area contributed by atoms with E-state index in [-0.39, 0.29) is 5.97 Å². The zero-order valence-electron chi connectivity index (χ0n) is 11.9. The normalized spacial score (nSPS) is 10.8. The maximum Gasteiger partial charge on any atom is 0.358 e. The molecule has 0 atom stereocenters. The van der Waals surface area contributed by atoms with Crippen molar-refractivity contribution in [2.45, 2.75) is 20.4 Å². The summed E-state index contributed by atoms with van der Waals surface area (Å²) < 4.78 is 12.6. The lowest BCUT2D eigenvalue weighted by Crippen LogP contribution is -2.14. The summed E-state index contributed by atoms with van der Waals surface area (Å²) in [6, 6.07) is 5.99. The third-order valence-electron chi connectivity index (χ3n) is 3.23. The number of halogens is 1. The number of fused-ring (bicyclic) bond motifs is 1. The van der Waals surface area contributed by atoms with Gasteiger partial charge in [0.15, 0.2) is 11.4 Å². The zero-order valence-corrected chi connectivity index (χ0v) is 13.5. The number of carbonyl (C=O) groups is 1. The first kappa shape index (κ1) is 14.9. The molecule has 0 unspecified atom stereocenters. The van der Waals surface area contributed by atoms with Gasteiger partial charge in [0, 0.05) is 17.3 Å². The number of esters is 1. The first-order valence-corrected chi connectivity index (χ1v) is 7.66. The number of aryl methyl sites for hydroxylation is 2. The topological polar surface area (TPSA) is 40.5 Å². The van der Waals surface area contributed by atoms with Crippen molar-refractivity contribution in [2.75, 3.05) is 19.0 Å². The second-order valence-corrected chi connectivity index (χ2v) is 5.20. The van der Waals surface area contributed by atoms with Gasteiger partial charge in [0.05, 0.1) is 19.2 Å². The number of aromatic nitrogens is 1. The van der Waals surface area contributed by atoms with Gasteiger partial charge in [-0.3, -0.25) is 0 Å². The van der Waals surface area contributed by atoms with Gasteiger partial charge >= 0.3 is 5.97 Å². The van der Waals surface area contributed by atoms with Crippen molar-refractivity contribution in [3.63, 3.8) is 0 Å². The molecule has 5 heteroatoms. The minimum Gasteiger partial charge on any atom is -0.494 e. The molecule has 0 saturated carbocycles. The summed E-state index contributed by atoms with van der Waals surface area (Å²) in [6.07, 6.45) is 0. The summed E-state index contributed by atoms with van der Waals surface area (Å²) in [7, 11) is 1.59. The summed E-state index contributed by atoms with van der Waals surface area (Å²) in [5, 5.41) is 1.72. The molecule has 0 aliphatic rings. The van der Waals surface area contributed by atoms with E-state index in [1.165, 1.54) is 0 Å². The van der Waals surface area contributed by atoms with Crippen LogP contribution in [0, 0.1) is 6.92 Å². The van der Waals surface area contributed by atoms with E-state index in [0.717, 1.165) is 21.8 Å². The van der Waals surface area contributed by atoms with Gasteiger partial charge in [-0.25, -0.2) is 4.79 Å². The molecule has 2 aromatic rings. The lowest BCUT2D eigenvalue weighted by atomic mass is 10.1. The van der Waals surface area contributed by atoms with Gasteiger partial charge in [-0.05, 0) is 25.5 Å². The number of methoxy groups -OCH3 is 1. The second-order valence-electron chi connectivity index (χ2n) is 4.41. The van der Waals surface area contributed by atoms with Gasteiger partial charge < -0.3 is 14.0 Å². The molecule has 0 spiro atoms. The number of nitrogens with zero attached hydrogens (tertiary/aromatic N) is 1. The molecule has 0 aliphatic carbocycles. The molecule has 2 rings (SSSR count). The summed E-state index contributed by atoms with van der Waals surface area (Å²) in [5.74, 6) is 0.249. The van der Waals surface area contributed by atoms with Crippen molar-refractivity contribution >= 4 is 32.8 Å². The molecule has 4 nitrogen and oxygen atoms in total. The van der Waals surface area contributed by atoms with Gasteiger partial charge in [0.1, 0.15) is 0 Å². The Morgan fingerprint density at radius 2 is 2.15 bits per heavy atom. The molecular formula is C15H18BrNO3. The number of ether oxygens (including phenoxy) is 2. The maximum absolute atomic E-state index is 12.3. The Kier molecular flexibility index (Phi) is 4.70. The number of hydrogen-bond acceptors (Lipinski definition) is 3. The SMILES string of the molecule is CCOC(=O)c1c(OC)c2c(C)cccc2n1CCBr. The second kappa shape index (κ2) is 6.31. The van der Waals surface area contributed by atoms with Gasteiger partial charge in [0.25, 0.3) is 0 Å². The molecule has 0 fully saturated rings. The summed E-state index contributed by atoms with van der Waals surface area (Å²) in [4.78, 5) is 12.3. The van der Waals surface area contributed by atoms with E-state index in [9.17, 15) is 4.79 Å². The fourth-order valence-electron chi connectivity index (χ4n) is 2.45. The van der Waals surface area contributed by atoms with Gasteiger partial charge in [-0.1, -0.05) is 28.1 Å². The average molecular weight is 340 g/mol. The van der Waals surface area contributed by atoms with E-state index in [2.05, 4.69) is 15.9 Å². The smallest absolute Gasteiger partial charge is 0.358 e. The van der Waals surface area contributed by atoms with Crippen LogP contribution in [0.2, 0.25) is 0 Å². The van der Waals surface area contributed by atoms with Crippen molar-refractivity contribution < 1.29 is 14.3 Å². The minimum absolute atomic E-state index is 0.344. The van der Waals surface area contributed by atoms with Crippen LogP contribution >= 0.6 is 15.9 Å². The molecule has 1 heterocycles. The molecule has 20 heavy (non-hydrogen) atoms. The molecule has 108 valence electrons. The molecular weight excluding hydrogens is 322 g/mol. The largest absolute Gasteiger partial charge is 0.494 e. The van der Waals surface area contributed by atoms with Crippen LogP contribution in [-0.2, 0) is 11.3 Å². The van der Waals surface area contributed by atoms with Crippen LogP contribution < -0.4 is 4.74 Å². The Hall–Kier alpha value is -1.49. The molecule has 1 aromatic heterocycles. The standard InChI is InChI=1S/C15H18BrNO3/c1-4-20-15(18)13-14(19-3)12-10(2)6-5-7-11(12)17(13)9-8-16/h5-7H,4,8-9H2,1-3H3. The van der Waals surface area contributed by atoms with Crippen LogP contribution in [0.3, 0.4) is 0 Å².